The van der Waals surface area contributed by atoms with E-state index in [4.69, 9.17) is 14.5 Å². The maximum absolute atomic E-state index is 5.81. The first-order valence-electron chi connectivity index (χ1n) is 11.1. The van der Waals surface area contributed by atoms with E-state index in [1.807, 2.05) is 18.2 Å². The number of nitrogens with one attached hydrogen (secondary N) is 2. The van der Waals surface area contributed by atoms with Crippen molar-refractivity contribution in [3.05, 3.63) is 71.3 Å². The molecule has 0 aromatic heterocycles. The lowest BCUT2D eigenvalue weighted by Gasteiger charge is -2.18. The van der Waals surface area contributed by atoms with E-state index in [1.165, 1.54) is 16.7 Å². The Labute approximate surface area is 210 Å². The summed E-state index contributed by atoms with van der Waals surface area (Å²) in [6, 6.07) is 18.7. The number of methoxy groups -OCH3 is 1. The normalized spacial score (nSPS) is 11.3. The van der Waals surface area contributed by atoms with Crippen LogP contribution < -0.4 is 10.6 Å². The van der Waals surface area contributed by atoms with Gasteiger partial charge in [-0.15, -0.1) is 24.0 Å². The molecule has 0 aliphatic heterocycles. The van der Waals surface area contributed by atoms with Crippen molar-refractivity contribution in [1.82, 2.24) is 15.5 Å². The molecule has 2 N–H and O–H groups in total. The van der Waals surface area contributed by atoms with Gasteiger partial charge < -0.3 is 25.0 Å². The quantitative estimate of drug-likeness (QED) is 0.160. The highest BCUT2D eigenvalue weighted by Crippen LogP contribution is 2.09. The Morgan fingerprint density at radius 3 is 2.22 bits per heavy atom. The maximum atomic E-state index is 5.81. The summed E-state index contributed by atoms with van der Waals surface area (Å²) in [5.74, 6) is 0.850. The molecule has 7 heteroatoms. The topological polar surface area (TPSA) is 58.1 Å². The zero-order valence-electron chi connectivity index (χ0n) is 19.7. The maximum Gasteiger partial charge on any atom is 0.191 e. The van der Waals surface area contributed by atoms with Crippen LogP contribution in [-0.2, 0) is 29.2 Å². The van der Waals surface area contributed by atoms with Gasteiger partial charge >= 0.3 is 0 Å². The molecule has 0 radical (unpaired) electrons. The van der Waals surface area contributed by atoms with Gasteiger partial charge in [0.05, 0.1) is 19.8 Å². The molecule has 0 heterocycles. The molecule has 0 aliphatic carbocycles. The summed E-state index contributed by atoms with van der Waals surface area (Å²) < 4.78 is 10.9. The Hall–Kier alpha value is -1.68. The lowest BCUT2D eigenvalue weighted by molar-refractivity contribution is 0.107. The van der Waals surface area contributed by atoms with E-state index in [0.717, 1.165) is 45.2 Å². The fraction of sp³-hybridized carbons (Fsp3) is 0.480. The van der Waals surface area contributed by atoms with Gasteiger partial charge in [-0.25, -0.2) is 4.99 Å². The Morgan fingerprint density at radius 1 is 0.906 bits per heavy atom. The number of rotatable bonds is 14. The highest BCUT2D eigenvalue weighted by atomic mass is 127. The molecule has 0 unspecified atom stereocenters. The highest BCUT2D eigenvalue weighted by molar-refractivity contribution is 14.0. The van der Waals surface area contributed by atoms with E-state index in [9.17, 15) is 0 Å². The molecule has 2 aromatic rings. The average Bonchev–Trinajstić information content (AvgIpc) is 2.79. The summed E-state index contributed by atoms with van der Waals surface area (Å²) in [7, 11) is 3.88. The second-order valence-corrected chi connectivity index (χ2v) is 7.57. The first kappa shape index (κ1) is 28.4. The Balaban J connectivity index is 0.00000512. The molecule has 0 fully saturated rings. The van der Waals surface area contributed by atoms with Crippen LogP contribution in [0.4, 0.5) is 0 Å². The molecule has 178 valence electrons. The molecule has 2 rings (SSSR count). The lowest BCUT2D eigenvalue weighted by atomic mass is 10.1. The molecule has 6 nitrogen and oxygen atoms in total. The Bertz CT molecular complexity index is 741. The largest absolute Gasteiger partial charge is 0.385 e. The van der Waals surface area contributed by atoms with Gasteiger partial charge in [-0.05, 0) is 37.1 Å². The van der Waals surface area contributed by atoms with Crippen molar-refractivity contribution in [1.29, 1.82) is 0 Å². The van der Waals surface area contributed by atoms with Crippen molar-refractivity contribution in [3.8, 4) is 0 Å². The molecule has 2 aromatic carbocycles. The van der Waals surface area contributed by atoms with Crippen LogP contribution in [0, 0.1) is 0 Å². The second-order valence-electron chi connectivity index (χ2n) is 7.57. The molecule has 0 aliphatic rings. The van der Waals surface area contributed by atoms with Crippen molar-refractivity contribution in [2.24, 2.45) is 4.99 Å². The van der Waals surface area contributed by atoms with Gasteiger partial charge in [0.15, 0.2) is 5.96 Å². The predicted octanol–water partition coefficient (Wildman–Crippen LogP) is 4.04. The van der Waals surface area contributed by atoms with Gasteiger partial charge in [0, 0.05) is 39.9 Å². The van der Waals surface area contributed by atoms with Gasteiger partial charge in [0.25, 0.3) is 0 Å². The van der Waals surface area contributed by atoms with Gasteiger partial charge in [-0.3, -0.25) is 0 Å². The smallest absolute Gasteiger partial charge is 0.191 e. The standard InChI is InChI=1S/C25H38N4O2.HI/c1-4-26-25(27-15-17-29(2)16-8-18-30-3)28-19-22-11-13-24(14-12-22)21-31-20-23-9-6-5-7-10-23;/h5-7,9-14H,4,8,15-21H2,1-3H3,(H2,26,27,28);1H. The number of hydrogen-bond donors (Lipinski definition) is 2. The van der Waals surface area contributed by atoms with Gasteiger partial charge in [-0.1, -0.05) is 54.6 Å². The first-order valence-corrected chi connectivity index (χ1v) is 11.1. The molecule has 0 bridgehead atoms. The number of halogens is 1. The minimum Gasteiger partial charge on any atom is -0.385 e. The number of nitrogens with zero attached hydrogens (tertiary/aromatic N) is 2. The van der Waals surface area contributed by atoms with Crippen LogP contribution >= 0.6 is 24.0 Å². The molecule has 0 atom stereocenters. The predicted molar refractivity (Wildman–Crippen MR) is 144 cm³/mol. The molecule has 0 amide bonds. The van der Waals surface area contributed by atoms with E-state index >= 15 is 0 Å². The lowest BCUT2D eigenvalue weighted by Crippen LogP contribution is -2.41. The SMILES string of the molecule is CCNC(=NCc1ccc(COCc2ccccc2)cc1)NCCN(C)CCCOC.I. The fourth-order valence-corrected chi connectivity index (χ4v) is 3.07. The number of benzene rings is 2. The molecule has 0 spiro atoms. The third-order valence-corrected chi connectivity index (χ3v) is 4.84. The van der Waals surface area contributed by atoms with E-state index in [0.29, 0.717) is 19.8 Å². The number of likely N-dealkylation sites (N-methyl/N-ethyl adjacent to an activating group) is 1. The fourth-order valence-electron chi connectivity index (χ4n) is 3.07. The van der Waals surface area contributed by atoms with Crippen LogP contribution in [0.3, 0.4) is 0 Å². The minimum atomic E-state index is 0. The van der Waals surface area contributed by atoms with Crippen molar-refractivity contribution < 1.29 is 9.47 Å². The summed E-state index contributed by atoms with van der Waals surface area (Å²) in [4.78, 5) is 7.01. The monoisotopic (exact) mass is 554 g/mol. The summed E-state index contributed by atoms with van der Waals surface area (Å²) in [5, 5.41) is 6.73. The average molecular weight is 555 g/mol. The van der Waals surface area contributed by atoms with Crippen LogP contribution in [0.25, 0.3) is 0 Å². The number of hydrogen-bond acceptors (Lipinski definition) is 4. The third kappa shape index (κ3) is 12.4. The third-order valence-electron chi connectivity index (χ3n) is 4.84. The second kappa shape index (κ2) is 17.8. The zero-order chi connectivity index (χ0) is 22.2. The summed E-state index contributed by atoms with van der Waals surface area (Å²) in [6.45, 7) is 8.46. The molecular formula is C25H39IN4O2. The zero-order valence-corrected chi connectivity index (χ0v) is 22.0. The van der Waals surface area contributed by atoms with Crippen molar-refractivity contribution in [2.45, 2.75) is 33.1 Å². The molecule has 32 heavy (non-hydrogen) atoms. The Kier molecular flexibility index (Phi) is 15.8. The molecule has 0 saturated carbocycles. The van der Waals surface area contributed by atoms with Crippen LogP contribution in [0.5, 0.6) is 0 Å². The minimum absolute atomic E-state index is 0. The van der Waals surface area contributed by atoms with Gasteiger partial charge in [0.1, 0.15) is 0 Å². The van der Waals surface area contributed by atoms with E-state index < -0.39 is 0 Å². The van der Waals surface area contributed by atoms with Crippen LogP contribution in [0.15, 0.2) is 59.6 Å². The Morgan fingerprint density at radius 2 is 1.56 bits per heavy atom. The van der Waals surface area contributed by atoms with E-state index in [1.54, 1.807) is 7.11 Å². The number of ether oxygens (including phenoxy) is 2. The van der Waals surface area contributed by atoms with Gasteiger partial charge in [0.2, 0.25) is 0 Å². The first-order chi connectivity index (χ1) is 15.2. The summed E-state index contributed by atoms with van der Waals surface area (Å²) in [5.41, 5.74) is 3.55. The number of guanidine groups is 1. The highest BCUT2D eigenvalue weighted by Gasteiger charge is 2.01. The summed E-state index contributed by atoms with van der Waals surface area (Å²) in [6.07, 6.45) is 1.05. The van der Waals surface area contributed by atoms with Crippen LogP contribution in [-0.4, -0.2) is 57.8 Å². The van der Waals surface area contributed by atoms with Crippen LogP contribution in [0.1, 0.15) is 30.0 Å². The molecule has 0 saturated heterocycles. The number of aliphatic imine (C=N–C) groups is 1. The van der Waals surface area contributed by atoms with E-state index in [2.05, 4.69) is 65.9 Å². The van der Waals surface area contributed by atoms with Crippen molar-refractivity contribution in [2.75, 3.05) is 46.9 Å². The molecular weight excluding hydrogens is 515 g/mol. The van der Waals surface area contributed by atoms with Crippen molar-refractivity contribution >= 4 is 29.9 Å². The van der Waals surface area contributed by atoms with Crippen molar-refractivity contribution in [3.63, 3.8) is 0 Å². The van der Waals surface area contributed by atoms with Crippen LogP contribution in [0.2, 0.25) is 0 Å². The van der Waals surface area contributed by atoms with E-state index in [-0.39, 0.29) is 24.0 Å². The van der Waals surface area contributed by atoms with Gasteiger partial charge in [-0.2, -0.15) is 0 Å². The summed E-state index contributed by atoms with van der Waals surface area (Å²) >= 11 is 0.